The molecule has 1 amide bonds. The molecule has 120 valence electrons. The topological polar surface area (TPSA) is 29.5 Å². The van der Waals surface area contributed by atoms with Crippen LogP contribution in [0.5, 0.6) is 0 Å². The van der Waals surface area contributed by atoms with Gasteiger partial charge in [-0.15, -0.1) is 0 Å². The van der Waals surface area contributed by atoms with Crippen LogP contribution in [0.1, 0.15) is 46.5 Å². The van der Waals surface area contributed by atoms with Crippen LogP contribution in [0.4, 0.5) is 4.79 Å². The normalized spacial score (nSPS) is 23.6. The van der Waals surface area contributed by atoms with Gasteiger partial charge in [-0.1, -0.05) is 23.8 Å². The average molecular weight is 322 g/mol. The summed E-state index contributed by atoms with van der Waals surface area (Å²) in [5, 5.41) is 0.955. The fourth-order valence-corrected chi connectivity index (χ4v) is 3.75. The van der Waals surface area contributed by atoms with E-state index < -0.39 is 5.60 Å². The van der Waals surface area contributed by atoms with Gasteiger partial charge in [0.2, 0.25) is 0 Å². The summed E-state index contributed by atoms with van der Waals surface area (Å²) >= 11 is 6.25. The smallest absolute Gasteiger partial charge is 0.410 e. The van der Waals surface area contributed by atoms with Crippen LogP contribution in [0.3, 0.4) is 0 Å². The Bertz CT molecular complexity index is 572. The van der Waals surface area contributed by atoms with Crippen LogP contribution in [-0.2, 0) is 4.74 Å². The van der Waals surface area contributed by atoms with E-state index in [2.05, 4.69) is 18.2 Å². The second-order valence-corrected chi connectivity index (χ2v) is 7.97. The number of carbonyl (C=O) groups excluding carboxylic acids is 1. The van der Waals surface area contributed by atoms with Crippen LogP contribution in [-0.4, -0.2) is 29.7 Å². The summed E-state index contributed by atoms with van der Waals surface area (Å²) in [5.74, 6) is 0. The highest BCUT2D eigenvalue weighted by Crippen LogP contribution is 2.49. The van der Waals surface area contributed by atoms with E-state index in [-0.39, 0.29) is 11.5 Å². The SMILES string of the molecule is CC(C)(C)OC(=O)N1CCC2(C=CC3=C2C=C(Cl)CC3)CC1. The molecule has 1 spiro atoms. The molecule has 2 aliphatic carbocycles. The number of carbonyl (C=O) groups is 1. The van der Waals surface area contributed by atoms with E-state index >= 15 is 0 Å². The molecule has 1 heterocycles. The van der Waals surface area contributed by atoms with Gasteiger partial charge in [0.15, 0.2) is 0 Å². The predicted octanol–water partition coefficient (Wildman–Crippen LogP) is 4.79. The van der Waals surface area contributed by atoms with Gasteiger partial charge in [0.05, 0.1) is 0 Å². The lowest BCUT2D eigenvalue weighted by atomic mass is 9.72. The van der Waals surface area contributed by atoms with Crippen molar-refractivity contribution in [3.63, 3.8) is 0 Å². The monoisotopic (exact) mass is 321 g/mol. The Morgan fingerprint density at radius 1 is 1.27 bits per heavy atom. The number of hydrogen-bond donors (Lipinski definition) is 0. The van der Waals surface area contributed by atoms with Gasteiger partial charge in [0, 0.05) is 23.5 Å². The fourth-order valence-electron chi connectivity index (χ4n) is 3.55. The first-order valence-electron chi connectivity index (χ1n) is 8.06. The molecule has 0 bridgehead atoms. The molecule has 3 rings (SSSR count). The number of halogens is 1. The maximum absolute atomic E-state index is 12.2. The molecule has 0 radical (unpaired) electrons. The predicted molar refractivity (Wildman–Crippen MR) is 88.8 cm³/mol. The lowest BCUT2D eigenvalue weighted by Gasteiger charge is -2.40. The van der Waals surface area contributed by atoms with E-state index in [1.165, 1.54) is 11.1 Å². The second-order valence-electron chi connectivity index (χ2n) is 7.49. The quantitative estimate of drug-likeness (QED) is 0.642. The van der Waals surface area contributed by atoms with Gasteiger partial charge in [0.25, 0.3) is 0 Å². The Balaban J connectivity index is 1.69. The molecule has 3 aliphatic rings. The molecule has 0 aromatic heterocycles. The fraction of sp³-hybridized carbons (Fsp3) is 0.611. The minimum Gasteiger partial charge on any atom is -0.444 e. The van der Waals surface area contributed by atoms with Crippen molar-refractivity contribution in [1.29, 1.82) is 0 Å². The first-order chi connectivity index (χ1) is 10.3. The van der Waals surface area contributed by atoms with Crippen molar-refractivity contribution in [2.75, 3.05) is 13.1 Å². The summed E-state index contributed by atoms with van der Waals surface area (Å²) in [7, 11) is 0. The van der Waals surface area contributed by atoms with Gasteiger partial charge < -0.3 is 9.64 Å². The van der Waals surface area contributed by atoms with Crippen LogP contribution in [0, 0.1) is 5.41 Å². The van der Waals surface area contributed by atoms with Gasteiger partial charge in [0.1, 0.15) is 5.60 Å². The van der Waals surface area contributed by atoms with Gasteiger partial charge in [-0.3, -0.25) is 0 Å². The first kappa shape index (κ1) is 15.7. The van der Waals surface area contributed by atoms with Gasteiger partial charge in [-0.05, 0) is 63.7 Å². The summed E-state index contributed by atoms with van der Waals surface area (Å²) in [5.41, 5.74) is 2.45. The van der Waals surface area contributed by atoms with E-state index in [1.54, 1.807) is 0 Å². The molecule has 0 aromatic rings. The number of hydrogen-bond acceptors (Lipinski definition) is 2. The third kappa shape index (κ3) is 2.96. The van der Waals surface area contributed by atoms with Gasteiger partial charge >= 0.3 is 6.09 Å². The zero-order chi connectivity index (χ0) is 16.0. The Morgan fingerprint density at radius 2 is 1.95 bits per heavy atom. The molecule has 4 heteroatoms. The highest BCUT2D eigenvalue weighted by Gasteiger charge is 2.41. The maximum Gasteiger partial charge on any atom is 0.410 e. The molecule has 0 N–H and O–H groups in total. The molecular formula is C18H24ClNO2. The largest absolute Gasteiger partial charge is 0.444 e. The molecule has 0 unspecified atom stereocenters. The molecular weight excluding hydrogens is 298 g/mol. The third-order valence-electron chi connectivity index (χ3n) is 4.73. The molecule has 3 nitrogen and oxygen atoms in total. The average Bonchev–Trinajstić information content (AvgIpc) is 2.76. The Labute approximate surface area is 137 Å². The molecule has 0 atom stereocenters. The Kier molecular flexibility index (Phi) is 3.88. The molecule has 22 heavy (non-hydrogen) atoms. The van der Waals surface area contributed by atoms with Gasteiger partial charge in [-0.25, -0.2) is 4.79 Å². The minimum absolute atomic E-state index is 0.0778. The van der Waals surface area contributed by atoms with E-state index in [0.29, 0.717) is 0 Å². The summed E-state index contributed by atoms with van der Waals surface area (Å²) in [6.07, 6.45) is 10.4. The highest BCUT2D eigenvalue weighted by molar-refractivity contribution is 6.29. The third-order valence-corrected chi connectivity index (χ3v) is 5.03. The van der Waals surface area contributed by atoms with Crippen molar-refractivity contribution in [2.24, 2.45) is 5.41 Å². The number of fused-ring (bicyclic) bond motifs is 1. The zero-order valence-corrected chi connectivity index (χ0v) is 14.4. The number of rotatable bonds is 0. The molecule has 1 fully saturated rings. The number of amides is 1. The lowest BCUT2D eigenvalue weighted by Crippen LogP contribution is -2.44. The zero-order valence-electron chi connectivity index (χ0n) is 13.6. The lowest BCUT2D eigenvalue weighted by molar-refractivity contribution is 0.0167. The summed E-state index contributed by atoms with van der Waals surface area (Å²) in [6.45, 7) is 7.19. The van der Waals surface area contributed by atoms with Crippen molar-refractivity contribution < 1.29 is 9.53 Å². The van der Waals surface area contributed by atoms with Crippen LogP contribution < -0.4 is 0 Å². The van der Waals surface area contributed by atoms with Crippen molar-refractivity contribution in [3.05, 3.63) is 34.4 Å². The van der Waals surface area contributed by atoms with E-state index in [9.17, 15) is 4.79 Å². The highest BCUT2D eigenvalue weighted by atomic mass is 35.5. The standard InChI is InChI=1S/C18H24ClNO2/c1-17(2,3)22-16(21)20-10-8-18(9-11-20)7-6-13-4-5-14(19)12-15(13)18/h6-7,12H,4-5,8-11H2,1-3H3. The Hall–Kier alpha value is -1.22. The van der Waals surface area contributed by atoms with Crippen LogP contribution in [0.2, 0.25) is 0 Å². The van der Waals surface area contributed by atoms with Crippen LogP contribution in [0.25, 0.3) is 0 Å². The number of likely N-dealkylation sites (tertiary alicyclic amines) is 1. The number of piperidine rings is 1. The van der Waals surface area contributed by atoms with E-state index in [1.807, 2.05) is 25.7 Å². The Morgan fingerprint density at radius 3 is 2.59 bits per heavy atom. The van der Waals surface area contributed by atoms with Crippen LogP contribution in [0.15, 0.2) is 34.4 Å². The second kappa shape index (κ2) is 5.45. The molecule has 1 aliphatic heterocycles. The molecule has 0 aromatic carbocycles. The number of allylic oxidation sites excluding steroid dienone is 6. The summed E-state index contributed by atoms with van der Waals surface area (Å²) in [6, 6.07) is 0. The van der Waals surface area contributed by atoms with Crippen molar-refractivity contribution >= 4 is 17.7 Å². The minimum atomic E-state index is -0.436. The van der Waals surface area contributed by atoms with Crippen molar-refractivity contribution in [3.8, 4) is 0 Å². The summed E-state index contributed by atoms with van der Waals surface area (Å²) in [4.78, 5) is 14.0. The van der Waals surface area contributed by atoms with Crippen molar-refractivity contribution in [2.45, 2.75) is 52.1 Å². The summed E-state index contributed by atoms with van der Waals surface area (Å²) < 4.78 is 5.48. The van der Waals surface area contributed by atoms with Gasteiger partial charge in [-0.2, -0.15) is 0 Å². The molecule has 1 saturated heterocycles. The molecule has 0 saturated carbocycles. The van der Waals surface area contributed by atoms with E-state index in [0.717, 1.165) is 43.8 Å². The first-order valence-corrected chi connectivity index (χ1v) is 8.44. The van der Waals surface area contributed by atoms with Crippen LogP contribution >= 0.6 is 11.6 Å². The van der Waals surface area contributed by atoms with Crippen molar-refractivity contribution in [1.82, 2.24) is 4.90 Å². The maximum atomic E-state index is 12.2. The number of ether oxygens (including phenoxy) is 1. The number of nitrogens with zero attached hydrogens (tertiary/aromatic N) is 1. The van der Waals surface area contributed by atoms with E-state index in [4.69, 9.17) is 16.3 Å².